The van der Waals surface area contributed by atoms with Crippen LogP contribution in [0.2, 0.25) is 0 Å². The van der Waals surface area contributed by atoms with E-state index in [1.807, 2.05) is 0 Å². The molecule has 7 heteroatoms. The van der Waals surface area contributed by atoms with Gasteiger partial charge in [0.05, 0.1) is 12.2 Å². The van der Waals surface area contributed by atoms with E-state index in [4.69, 9.17) is 0 Å². The summed E-state index contributed by atoms with van der Waals surface area (Å²) in [4.78, 5) is 0. The molecule has 17 heavy (non-hydrogen) atoms. The highest BCUT2D eigenvalue weighted by molar-refractivity contribution is 5.26. The van der Waals surface area contributed by atoms with Gasteiger partial charge in [-0.05, 0) is 6.92 Å². The Hall–Kier alpha value is -1.21. The third-order valence-electron chi connectivity index (χ3n) is 2.06. The van der Waals surface area contributed by atoms with Gasteiger partial charge in [-0.3, -0.25) is 0 Å². The van der Waals surface area contributed by atoms with Crippen LogP contribution >= 0.6 is 0 Å². The first kappa shape index (κ1) is 13.9. The SMILES string of the molecule is CCOCC(O)c1c(F)c(F)c(F)c(F)c1F. The molecular weight excluding hydrogens is 247 g/mol. The lowest BCUT2D eigenvalue weighted by Gasteiger charge is -2.14. The van der Waals surface area contributed by atoms with Crippen LogP contribution in [-0.4, -0.2) is 18.3 Å². The zero-order chi connectivity index (χ0) is 13.2. The fraction of sp³-hybridized carbons (Fsp3) is 0.400. The van der Waals surface area contributed by atoms with Crippen molar-refractivity contribution in [2.75, 3.05) is 13.2 Å². The predicted molar refractivity (Wildman–Crippen MR) is 47.7 cm³/mol. The molecule has 1 atom stereocenters. The molecule has 1 unspecified atom stereocenters. The lowest BCUT2D eigenvalue weighted by molar-refractivity contribution is 0.0370. The molecular formula is C10H9F5O2. The molecule has 0 heterocycles. The number of rotatable bonds is 4. The minimum absolute atomic E-state index is 0.131. The molecule has 1 N–H and O–H groups in total. The van der Waals surface area contributed by atoms with Crippen LogP contribution < -0.4 is 0 Å². The second-order valence-corrected chi connectivity index (χ2v) is 3.16. The van der Waals surface area contributed by atoms with Crippen LogP contribution in [0.5, 0.6) is 0 Å². The van der Waals surface area contributed by atoms with Crippen LogP contribution in [0, 0.1) is 29.1 Å². The first-order valence-corrected chi connectivity index (χ1v) is 4.68. The maximum Gasteiger partial charge on any atom is 0.200 e. The number of hydrogen-bond acceptors (Lipinski definition) is 2. The number of aliphatic hydroxyl groups is 1. The molecule has 1 aromatic rings. The standard InChI is InChI=1S/C10H9F5O2/c1-2-17-3-4(16)5-6(11)8(13)10(15)9(14)7(5)12/h4,16H,2-3H2,1H3. The summed E-state index contributed by atoms with van der Waals surface area (Å²) in [6.45, 7) is 1.12. The van der Waals surface area contributed by atoms with E-state index in [0.717, 1.165) is 0 Å². The Balaban J connectivity index is 3.24. The van der Waals surface area contributed by atoms with Crippen molar-refractivity contribution in [1.82, 2.24) is 0 Å². The third-order valence-corrected chi connectivity index (χ3v) is 2.06. The van der Waals surface area contributed by atoms with Crippen LogP contribution in [0.15, 0.2) is 0 Å². The van der Waals surface area contributed by atoms with Gasteiger partial charge in [-0.1, -0.05) is 0 Å². The lowest BCUT2D eigenvalue weighted by Crippen LogP contribution is -2.15. The highest BCUT2D eigenvalue weighted by Gasteiger charge is 2.29. The van der Waals surface area contributed by atoms with Gasteiger partial charge in [0.25, 0.3) is 0 Å². The number of halogens is 5. The van der Waals surface area contributed by atoms with Gasteiger partial charge < -0.3 is 9.84 Å². The fourth-order valence-corrected chi connectivity index (χ4v) is 1.23. The minimum atomic E-state index is -2.26. The van der Waals surface area contributed by atoms with Crippen molar-refractivity contribution in [3.05, 3.63) is 34.6 Å². The molecule has 0 aliphatic heterocycles. The normalized spacial score (nSPS) is 12.9. The Labute approximate surface area is 93.6 Å². The maximum atomic E-state index is 13.1. The van der Waals surface area contributed by atoms with Crippen molar-refractivity contribution >= 4 is 0 Å². The van der Waals surface area contributed by atoms with E-state index in [2.05, 4.69) is 4.74 Å². The quantitative estimate of drug-likeness (QED) is 0.509. The molecule has 2 nitrogen and oxygen atoms in total. The van der Waals surface area contributed by atoms with Crippen molar-refractivity contribution in [3.8, 4) is 0 Å². The van der Waals surface area contributed by atoms with Crippen molar-refractivity contribution in [1.29, 1.82) is 0 Å². The van der Waals surface area contributed by atoms with Gasteiger partial charge in [-0.15, -0.1) is 0 Å². The monoisotopic (exact) mass is 256 g/mol. The van der Waals surface area contributed by atoms with Gasteiger partial charge in [0.2, 0.25) is 5.82 Å². The molecule has 1 rings (SSSR count). The maximum absolute atomic E-state index is 13.1. The number of ether oxygens (including phenoxy) is 1. The van der Waals surface area contributed by atoms with E-state index < -0.39 is 47.4 Å². The Morgan fingerprint density at radius 2 is 1.35 bits per heavy atom. The average molecular weight is 256 g/mol. The van der Waals surface area contributed by atoms with E-state index in [1.165, 1.54) is 0 Å². The Morgan fingerprint density at radius 3 is 1.76 bits per heavy atom. The predicted octanol–water partition coefficient (Wildman–Crippen LogP) is 2.45. The molecule has 0 saturated carbocycles. The van der Waals surface area contributed by atoms with Crippen molar-refractivity contribution in [2.24, 2.45) is 0 Å². The lowest BCUT2D eigenvalue weighted by atomic mass is 10.1. The molecule has 0 radical (unpaired) electrons. The number of benzene rings is 1. The molecule has 0 aliphatic carbocycles. The van der Waals surface area contributed by atoms with Crippen LogP contribution in [0.4, 0.5) is 22.0 Å². The van der Waals surface area contributed by atoms with Crippen molar-refractivity contribution in [2.45, 2.75) is 13.0 Å². The highest BCUT2D eigenvalue weighted by Crippen LogP contribution is 2.27. The van der Waals surface area contributed by atoms with E-state index >= 15 is 0 Å². The van der Waals surface area contributed by atoms with Crippen molar-refractivity contribution < 1.29 is 31.8 Å². The summed E-state index contributed by atoms with van der Waals surface area (Å²) in [6, 6.07) is 0. The van der Waals surface area contributed by atoms with Crippen LogP contribution in [-0.2, 0) is 4.74 Å². The summed E-state index contributed by atoms with van der Waals surface area (Å²) in [5.41, 5.74) is -1.28. The molecule has 0 bridgehead atoms. The minimum Gasteiger partial charge on any atom is -0.386 e. The number of hydrogen-bond donors (Lipinski definition) is 1. The molecule has 0 spiro atoms. The molecule has 0 amide bonds. The van der Waals surface area contributed by atoms with E-state index in [-0.39, 0.29) is 6.61 Å². The second-order valence-electron chi connectivity index (χ2n) is 3.16. The molecule has 0 aliphatic rings. The number of aliphatic hydroxyl groups excluding tert-OH is 1. The van der Waals surface area contributed by atoms with Gasteiger partial charge in [0.15, 0.2) is 23.3 Å². The second kappa shape index (κ2) is 5.42. The average Bonchev–Trinajstić information content (AvgIpc) is 2.31. The Morgan fingerprint density at radius 1 is 0.941 bits per heavy atom. The molecule has 0 saturated heterocycles. The molecule has 0 aromatic heterocycles. The van der Waals surface area contributed by atoms with Crippen molar-refractivity contribution in [3.63, 3.8) is 0 Å². The van der Waals surface area contributed by atoms with E-state index in [0.29, 0.717) is 0 Å². The zero-order valence-corrected chi connectivity index (χ0v) is 8.74. The Kier molecular flexibility index (Phi) is 4.41. The molecule has 1 aromatic carbocycles. The van der Waals surface area contributed by atoms with Crippen LogP contribution in [0.1, 0.15) is 18.6 Å². The van der Waals surface area contributed by atoms with Crippen LogP contribution in [0.25, 0.3) is 0 Å². The highest BCUT2D eigenvalue weighted by atomic mass is 19.2. The van der Waals surface area contributed by atoms with E-state index in [1.54, 1.807) is 6.92 Å². The van der Waals surface area contributed by atoms with Gasteiger partial charge in [0, 0.05) is 6.61 Å². The van der Waals surface area contributed by atoms with Gasteiger partial charge in [-0.2, -0.15) is 0 Å². The first-order valence-electron chi connectivity index (χ1n) is 4.68. The Bertz CT molecular complexity index is 393. The van der Waals surface area contributed by atoms with Crippen LogP contribution in [0.3, 0.4) is 0 Å². The third kappa shape index (κ3) is 2.55. The van der Waals surface area contributed by atoms with Gasteiger partial charge in [-0.25, -0.2) is 22.0 Å². The smallest absolute Gasteiger partial charge is 0.200 e. The van der Waals surface area contributed by atoms with E-state index in [9.17, 15) is 27.1 Å². The summed E-state index contributed by atoms with van der Waals surface area (Å²) in [7, 11) is 0. The fourth-order valence-electron chi connectivity index (χ4n) is 1.23. The summed E-state index contributed by atoms with van der Waals surface area (Å²) < 4.78 is 69.2. The first-order chi connectivity index (χ1) is 7.91. The van der Waals surface area contributed by atoms with Gasteiger partial charge >= 0.3 is 0 Å². The molecule has 96 valence electrons. The topological polar surface area (TPSA) is 29.5 Å². The summed E-state index contributed by atoms with van der Waals surface area (Å²) in [6.07, 6.45) is -1.92. The van der Waals surface area contributed by atoms with Gasteiger partial charge in [0.1, 0.15) is 6.10 Å². The summed E-state index contributed by atoms with van der Waals surface area (Å²) in [5, 5.41) is 9.29. The largest absolute Gasteiger partial charge is 0.386 e. The molecule has 0 fully saturated rings. The summed E-state index contributed by atoms with van der Waals surface area (Å²) in [5.74, 6) is -10.5. The summed E-state index contributed by atoms with van der Waals surface area (Å²) >= 11 is 0. The zero-order valence-electron chi connectivity index (χ0n) is 8.74.